The van der Waals surface area contributed by atoms with Crippen LogP contribution in [-0.2, 0) is 0 Å². The summed E-state index contributed by atoms with van der Waals surface area (Å²) >= 11 is 0. The number of nitrogens with two attached hydrogens (primary N) is 1. The smallest absolute Gasteiger partial charge is 0.136 e. The molecule has 1 aromatic carbocycles. The van der Waals surface area contributed by atoms with Gasteiger partial charge in [-0.25, -0.2) is 0 Å². The fourth-order valence-electron chi connectivity index (χ4n) is 1.12. The Morgan fingerprint density at radius 3 is 2.93 bits per heavy atom. The second kappa shape index (κ2) is 4.62. The lowest BCUT2D eigenvalue weighted by molar-refractivity contribution is 0.244. The molecular weight excluding hydrogens is 180 g/mol. The van der Waals surface area contributed by atoms with Crippen LogP contribution in [-0.4, -0.2) is 17.5 Å². The molecule has 0 heterocycles. The summed E-state index contributed by atoms with van der Waals surface area (Å²) in [7, 11) is 0. The van der Waals surface area contributed by atoms with Crippen LogP contribution in [0.2, 0.25) is 0 Å². The van der Waals surface area contributed by atoms with Crippen molar-refractivity contribution in [3.63, 3.8) is 0 Å². The Balaban J connectivity index is 2.87. The van der Waals surface area contributed by atoms with Crippen molar-refractivity contribution in [1.29, 1.82) is 5.41 Å². The molecule has 4 heteroatoms. The van der Waals surface area contributed by atoms with E-state index in [2.05, 4.69) is 0 Å². The Hall–Kier alpha value is -1.55. The van der Waals surface area contributed by atoms with Gasteiger partial charge >= 0.3 is 0 Å². The van der Waals surface area contributed by atoms with Gasteiger partial charge < -0.3 is 15.6 Å². The molecule has 0 radical (unpaired) electrons. The minimum Gasteiger partial charge on any atom is -0.494 e. The lowest BCUT2D eigenvalue weighted by Gasteiger charge is -2.10. The molecule has 0 fully saturated rings. The number of benzene rings is 1. The van der Waals surface area contributed by atoms with Gasteiger partial charge in [0.15, 0.2) is 0 Å². The van der Waals surface area contributed by atoms with Crippen LogP contribution in [0.4, 0.5) is 0 Å². The second-order valence-electron chi connectivity index (χ2n) is 2.86. The van der Waals surface area contributed by atoms with E-state index in [1.165, 1.54) is 0 Å². The van der Waals surface area contributed by atoms with Gasteiger partial charge in [-0.05, 0) is 24.6 Å². The number of hydrogen-bond donors (Lipinski definition) is 3. The maximum absolute atomic E-state index is 9.49. The molecule has 76 valence electrons. The van der Waals surface area contributed by atoms with Crippen molar-refractivity contribution in [1.82, 2.24) is 0 Å². The molecule has 0 amide bonds. The van der Waals surface area contributed by atoms with Crippen molar-refractivity contribution in [2.75, 3.05) is 6.61 Å². The molecule has 0 bridgehead atoms. The van der Waals surface area contributed by atoms with Gasteiger partial charge in [0.25, 0.3) is 0 Å². The molecule has 0 aromatic heterocycles. The van der Waals surface area contributed by atoms with Gasteiger partial charge in [-0.2, -0.15) is 0 Å². The zero-order valence-corrected chi connectivity index (χ0v) is 8.03. The van der Waals surface area contributed by atoms with Crippen LogP contribution >= 0.6 is 0 Å². The van der Waals surface area contributed by atoms with Crippen LogP contribution in [0, 0.1) is 5.41 Å². The van der Waals surface area contributed by atoms with Crippen molar-refractivity contribution in [2.45, 2.75) is 13.0 Å². The summed E-state index contributed by atoms with van der Waals surface area (Å²) < 4.78 is 5.25. The van der Waals surface area contributed by atoms with Crippen molar-refractivity contribution in [3.05, 3.63) is 29.8 Å². The highest BCUT2D eigenvalue weighted by atomic mass is 16.5. The van der Waals surface area contributed by atoms with Crippen LogP contribution in [0.5, 0.6) is 5.75 Å². The molecule has 4 N–H and O–H groups in total. The Morgan fingerprint density at radius 2 is 2.36 bits per heavy atom. The molecule has 1 aromatic rings. The summed E-state index contributed by atoms with van der Waals surface area (Å²) in [5.41, 5.74) is 5.76. The highest BCUT2D eigenvalue weighted by molar-refractivity contribution is 5.82. The average Bonchev–Trinajstić information content (AvgIpc) is 2.17. The van der Waals surface area contributed by atoms with Crippen LogP contribution in [0.3, 0.4) is 0 Å². The Morgan fingerprint density at radius 1 is 1.64 bits per heavy atom. The SMILES string of the molecule is CCOc1cccc([C@@H](O)C(=N)N)c1. The third kappa shape index (κ3) is 2.47. The minimum absolute atomic E-state index is 0.265. The number of aliphatic hydroxyl groups is 1. The van der Waals surface area contributed by atoms with E-state index in [0.29, 0.717) is 17.9 Å². The summed E-state index contributed by atoms with van der Waals surface area (Å²) in [5, 5.41) is 16.6. The lowest BCUT2D eigenvalue weighted by Crippen LogP contribution is -2.19. The average molecular weight is 194 g/mol. The van der Waals surface area contributed by atoms with E-state index in [-0.39, 0.29) is 5.84 Å². The zero-order valence-electron chi connectivity index (χ0n) is 8.03. The van der Waals surface area contributed by atoms with Gasteiger partial charge in [-0.1, -0.05) is 12.1 Å². The van der Waals surface area contributed by atoms with Crippen molar-refractivity contribution in [3.8, 4) is 5.75 Å². The molecule has 0 unspecified atom stereocenters. The molecule has 0 saturated carbocycles. The first-order valence-electron chi connectivity index (χ1n) is 4.40. The van der Waals surface area contributed by atoms with Crippen molar-refractivity contribution < 1.29 is 9.84 Å². The zero-order chi connectivity index (χ0) is 10.6. The standard InChI is InChI=1S/C10H14N2O2/c1-2-14-8-5-3-4-7(6-8)9(13)10(11)12/h3-6,9,13H,2H2,1H3,(H3,11,12)/t9-/m1/s1. The first-order valence-corrected chi connectivity index (χ1v) is 4.40. The maximum atomic E-state index is 9.49. The molecule has 0 aliphatic carbocycles. The molecule has 14 heavy (non-hydrogen) atoms. The van der Waals surface area contributed by atoms with Gasteiger partial charge in [0.1, 0.15) is 17.7 Å². The van der Waals surface area contributed by atoms with Crippen LogP contribution in [0.1, 0.15) is 18.6 Å². The molecule has 0 aliphatic heterocycles. The quantitative estimate of drug-likeness (QED) is 0.495. The summed E-state index contributed by atoms with van der Waals surface area (Å²) in [4.78, 5) is 0. The van der Waals surface area contributed by atoms with Crippen LogP contribution in [0.25, 0.3) is 0 Å². The predicted molar refractivity (Wildman–Crippen MR) is 54.5 cm³/mol. The molecular formula is C10H14N2O2. The number of hydrogen-bond acceptors (Lipinski definition) is 3. The number of ether oxygens (including phenoxy) is 1. The third-order valence-corrected chi connectivity index (χ3v) is 1.78. The van der Waals surface area contributed by atoms with E-state index in [4.69, 9.17) is 15.9 Å². The first kappa shape index (κ1) is 10.5. The molecule has 1 atom stereocenters. The molecule has 4 nitrogen and oxygen atoms in total. The molecule has 1 rings (SSSR count). The van der Waals surface area contributed by atoms with Gasteiger partial charge in [0.2, 0.25) is 0 Å². The van der Waals surface area contributed by atoms with E-state index < -0.39 is 6.10 Å². The van der Waals surface area contributed by atoms with Crippen molar-refractivity contribution >= 4 is 5.84 Å². The van der Waals surface area contributed by atoms with Crippen LogP contribution < -0.4 is 10.5 Å². The predicted octanol–water partition coefficient (Wildman–Crippen LogP) is 1.05. The normalized spacial score (nSPS) is 12.1. The summed E-state index contributed by atoms with van der Waals surface area (Å²) in [6.07, 6.45) is -1.05. The Bertz CT molecular complexity index is 326. The summed E-state index contributed by atoms with van der Waals surface area (Å²) in [5.74, 6) is 0.406. The molecule has 0 aliphatic rings. The van der Waals surface area contributed by atoms with E-state index in [1.807, 2.05) is 6.92 Å². The fourth-order valence-corrected chi connectivity index (χ4v) is 1.12. The van der Waals surface area contributed by atoms with Gasteiger partial charge in [0, 0.05) is 0 Å². The second-order valence-corrected chi connectivity index (χ2v) is 2.86. The highest BCUT2D eigenvalue weighted by Crippen LogP contribution is 2.18. The number of rotatable bonds is 4. The van der Waals surface area contributed by atoms with Crippen LogP contribution in [0.15, 0.2) is 24.3 Å². The van der Waals surface area contributed by atoms with E-state index in [1.54, 1.807) is 24.3 Å². The third-order valence-electron chi connectivity index (χ3n) is 1.78. The Kier molecular flexibility index (Phi) is 3.48. The summed E-state index contributed by atoms with van der Waals surface area (Å²) in [6, 6.07) is 6.93. The van der Waals surface area contributed by atoms with E-state index >= 15 is 0 Å². The monoisotopic (exact) mass is 194 g/mol. The number of aliphatic hydroxyl groups excluding tert-OH is 1. The van der Waals surface area contributed by atoms with E-state index in [9.17, 15) is 5.11 Å². The largest absolute Gasteiger partial charge is 0.494 e. The fraction of sp³-hybridized carbons (Fsp3) is 0.300. The Labute approximate surface area is 82.8 Å². The van der Waals surface area contributed by atoms with Gasteiger partial charge in [-0.15, -0.1) is 0 Å². The first-order chi connectivity index (χ1) is 6.65. The number of amidine groups is 1. The number of nitrogens with one attached hydrogen (secondary N) is 1. The maximum Gasteiger partial charge on any atom is 0.136 e. The summed E-state index contributed by atoms with van der Waals surface area (Å²) in [6.45, 7) is 2.45. The topological polar surface area (TPSA) is 79.3 Å². The minimum atomic E-state index is -1.05. The highest BCUT2D eigenvalue weighted by Gasteiger charge is 2.10. The lowest BCUT2D eigenvalue weighted by atomic mass is 10.1. The van der Waals surface area contributed by atoms with Crippen molar-refractivity contribution in [2.24, 2.45) is 5.73 Å². The van der Waals surface area contributed by atoms with Gasteiger partial charge in [0.05, 0.1) is 6.61 Å². The molecule has 0 spiro atoms. The molecule has 0 saturated heterocycles. The van der Waals surface area contributed by atoms with Gasteiger partial charge in [-0.3, -0.25) is 5.41 Å². The van der Waals surface area contributed by atoms with E-state index in [0.717, 1.165) is 0 Å².